The molecule has 0 bridgehead atoms. The third kappa shape index (κ3) is 3.70. The summed E-state index contributed by atoms with van der Waals surface area (Å²) in [5.74, 6) is 1.37. The SMILES string of the molecule is CC(C)CNCc1c(OCCF)ccc2ccccc12. The average Bonchev–Trinajstić information content (AvgIpc) is 2.45. The molecular formula is C17H22FNO. The topological polar surface area (TPSA) is 21.3 Å². The van der Waals surface area contributed by atoms with Crippen LogP contribution in [0.3, 0.4) is 0 Å². The number of hydrogen-bond donors (Lipinski definition) is 1. The molecular weight excluding hydrogens is 253 g/mol. The van der Waals surface area contributed by atoms with Crippen LogP contribution in [0.4, 0.5) is 4.39 Å². The monoisotopic (exact) mass is 275 g/mol. The Morgan fingerprint density at radius 3 is 2.70 bits per heavy atom. The van der Waals surface area contributed by atoms with E-state index in [2.05, 4.69) is 31.3 Å². The van der Waals surface area contributed by atoms with E-state index in [-0.39, 0.29) is 6.61 Å². The van der Waals surface area contributed by atoms with Crippen LogP contribution in [0.5, 0.6) is 5.75 Å². The zero-order chi connectivity index (χ0) is 14.4. The van der Waals surface area contributed by atoms with Crippen molar-refractivity contribution < 1.29 is 9.13 Å². The molecule has 2 aromatic rings. The predicted octanol–water partition coefficient (Wildman–Crippen LogP) is 3.93. The molecule has 2 nitrogen and oxygen atoms in total. The second-order valence-electron chi connectivity index (χ2n) is 5.33. The van der Waals surface area contributed by atoms with Crippen LogP contribution in [0.1, 0.15) is 19.4 Å². The third-order valence-electron chi connectivity index (χ3n) is 3.19. The largest absolute Gasteiger partial charge is 0.491 e. The van der Waals surface area contributed by atoms with Gasteiger partial charge in [-0.1, -0.05) is 44.2 Å². The fourth-order valence-corrected chi connectivity index (χ4v) is 2.27. The molecule has 0 heterocycles. The summed E-state index contributed by atoms with van der Waals surface area (Å²) in [5, 5.41) is 5.79. The molecule has 0 radical (unpaired) electrons. The Bertz CT molecular complexity index is 554. The molecule has 108 valence electrons. The Morgan fingerprint density at radius 2 is 1.95 bits per heavy atom. The van der Waals surface area contributed by atoms with Gasteiger partial charge in [-0.2, -0.15) is 0 Å². The molecule has 1 N–H and O–H groups in total. The maximum atomic E-state index is 12.3. The van der Waals surface area contributed by atoms with E-state index in [1.54, 1.807) is 0 Å². The van der Waals surface area contributed by atoms with Crippen LogP contribution in [-0.4, -0.2) is 19.8 Å². The summed E-state index contributed by atoms with van der Waals surface area (Å²) in [6, 6.07) is 12.2. The highest BCUT2D eigenvalue weighted by atomic mass is 19.1. The van der Waals surface area contributed by atoms with Gasteiger partial charge < -0.3 is 10.1 Å². The number of alkyl halides is 1. The summed E-state index contributed by atoms with van der Waals surface area (Å²) in [7, 11) is 0. The Labute approximate surface area is 119 Å². The Hall–Kier alpha value is -1.61. The molecule has 0 aliphatic carbocycles. The minimum Gasteiger partial charge on any atom is -0.491 e. The van der Waals surface area contributed by atoms with E-state index in [4.69, 9.17) is 4.74 Å². The quantitative estimate of drug-likeness (QED) is 0.826. The highest BCUT2D eigenvalue weighted by molar-refractivity contribution is 5.87. The van der Waals surface area contributed by atoms with Crippen LogP contribution in [-0.2, 0) is 6.54 Å². The van der Waals surface area contributed by atoms with Gasteiger partial charge in [-0.25, -0.2) is 4.39 Å². The summed E-state index contributed by atoms with van der Waals surface area (Å²) in [6.45, 7) is 5.68. The fourth-order valence-electron chi connectivity index (χ4n) is 2.27. The van der Waals surface area contributed by atoms with Crippen molar-refractivity contribution in [1.82, 2.24) is 5.32 Å². The first kappa shape index (κ1) is 14.8. The van der Waals surface area contributed by atoms with E-state index in [0.717, 1.165) is 24.4 Å². The molecule has 3 heteroatoms. The fraction of sp³-hybridized carbons (Fsp3) is 0.412. The minimum absolute atomic E-state index is 0.107. The van der Waals surface area contributed by atoms with Crippen molar-refractivity contribution in [2.75, 3.05) is 19.8 Å². The average molecular weight is 275 g/mol. The molecule has 0 saturated carbocycles. The molecule has 2 rings (SSSR count). The normalized spacial score (nSPS) is 11.2. The first-order valence-corrected chi connectivity index (χ1v) is 7.12. The summed E-state index contributed by atoms with van der Waals surface area (Å²) in [5.41, 5.74) is 1.11. The van der Waals surface area contributed by atoms with Crippen LogP contribution in [0.25, 0.3) is 10.8 Å². The lowest BCUT2D eigenvalue weighted by Gasteiger charge is -2.15. The molecule has 0 aromatic heterocycles. The Kier molecular flexibility index (Phi) is 5.36. The molecule has 0 amide bonds. The van der Waals surface area contributed by atoms with Gasteiger partial charge >= 0.3 is 0 Å². The zero-order valence-corrected chi connectivity index (χ0v) is 12.2. The smallest absolute Gasteiger partial charge is 0.124 e. The highest BCUT2D eigenvalue weighted by Gasteiger charge is 2.09. The predicted molar refractivity (Wildman–Crippen MR) is 82.0 cm³/mol. The minimum atomic E-state index is -0.467. The maximum Gasteiger partial charge on any atom is 0.124 e. The molecule has 20 heavy (non-hydrogen) atoms. The van der Waals surface area contributed by atoms with Crippen molar-refractivity contribution in [2.24, 2.45) is 5.92 Å². The van der Waals surface area contributed by atoms with E-state index in [1.807, 2.05) is 24.3 Å². The summed E-state index contributed by atoms with van der Waals surface area (Å²) < 4.78 is 17.9. The van der Waals surface area contributed by atoms with Gasteiger partial charge in [-0.3, -0.25) is 0 Å². The second-order valence-corrected chi connectivity index (χ2v) is 5.33. The van der Waals surface area contributed by atoms with Gasteiger partial charge in [-0.05, 0) is 29.3 Å². The number of fused-ring (bicyclic) bond motifs is 1. The van der Waals surface area contributed by atoms with Crippen molar-refractivity contribution >= 4 is 10.8 Å². The van der Waals surface area contributed by atoms with Crippen LogP contribution in [0, 0.1) is 5.92 Å². The molecule has 0 spiro atoms. The molecule has 0 aliphatic rings. The second kappa shape index (κ2) is 7.25. The standard InChI is InChI=1S/C17H22FNO/c1-13(2)11-19-12-16-15-6-4-3-5-14(15)7-8-17(16)20-10-9-18/h3-8,13,19H,9-12H2,1-2H3. The van der Waals surface area contributed by atoms with Crippen molar-refractivity contribution in [3.63, 3.8) is 0 Å². The molecule has 0 fully saturated rings. The van der Waals surface area contributed by atoms with Gasteiger partial charge in [0, 0.05) is 12.1 Å². The van der Waals surface area contributed by atoms with Gasteiger partial charge in [0.2, 0.25) is 0 Å². The first-order chi connectivity index (χ1) is 9.72. The number of benzene rings is 2. The zero-order valence-electron chi connectivity index (χ0n) is 12.2. The highest BCUT2D eigenvalue weighted by Crippen LogP contribution is 2.28. The molecule has 2 aromatic carbocycles. The van der Waals surface area contributed by atoms with Crippen LogP contribution >= 0.6 is 0 Å². The summed E-state index contributed by atoms with van der Waals surface area (Å²) >= 11 is 0. The first-order valence-electron chi connectivity index (χ1n) is 7.12. The van der Waals surface area contributed by atoms with Crippen molar-refractivity contribution in [2.45, 2.75) is 20.4 Å². The van der Waals surface area contributed by atoms with Gasteiger partial charge in [-0.15, -0.1) is 0 Å². The maximum absolute atomic E-state index is 12.3. The van der Waals surface area contributed by atoms with Gasteiger partial charge in [0.15, 0.2) is 0 Å². The summed E-state index contributed by atoms with van der Waals surface area (Å²) in [4.78, 5) is 0. The van der Waals surface area contributed by atoms with Crippen LogP contribution < -0.4 is 10.1 Å². The molecule has 0 atom stereocenters. The number of halogens is 1. The lowest BCUT2D eigenvalue weighted by molar-refractivity contribution is 0.271. The number of ether oxygens (including phenoxy) is 1. The van der Waals surface area contributed by atoms with Crippen molar-refractivity contribution in [3.05, 3.63) is 42.0 Å². The van der Waals surface area contributed by atoms with Crippen molar-refractivity contribution in [3.8, 4) is 5.75 Å². The van der Waals surface area contributed by atoms with Gasteiger partial charge in [0.05, 0.1) is 0 Å². The lowest BCUT2D eigenvalue weighted by atomic mass is 10.0. The number of hydrogen-bond acceptors (Lipinski definition) is 2. The summed E-state index contributed by atoms with van der Waals surface area (Å²) in [6.07, 6.45) is 0. The van der Waals surface area contributed by atoms with Crippen molar-refractivity contribution in [1.29, 1.82) is 0 Å². The molecule has 0 saturated heterocycles. The van der Waals surface area contributed by atoms with E-state index in [0.29, 0.717) is 5.92 Å². The van der Waals surface area contributed by atoms with Gasteiger partial charge in [0.25, 0.3) is 0 Å². The Morgan fingerprint density at radius 1 is 1.15 bits per heavy atom. The number of nitrogens with one attached hydrogen (secondary N) is 1. The number of rotatable bonds is 7. The van der Waals surface area contributed by atoms with E-state index in [9.17, 15) is 4.39 Å². The van der Waals surface area contributed by atoms with Gasteiger partial charge in [0.1, 0.15) is 19.0 Å². The molecule has 0 aliphatic heterocycles. The van der Waals surface area contributed by atoms with E-state index >= 15 is 0 Å². The Balaban J connectivity index is 2.29. The molecule has 0 unspecified atom stereocenters. The van der Waals surface area contributed by atoms with E-state index < -0.39 is 6.67 Å². The van der Waals surface area contributed by atoms with E-state index in [1.165, 1.54) is 10.8 Å². The third-order valence-corrected chi connectivity index (χ3v) is 3.19. The lowest BCUT2D eigenvalue weighted by Crippen LogP contribution is -2.19. The van der Waals surface area contributed by atoms with Crippen LogP contribution in [0.2, 0.25) is 0 Å². The van der Waals surface area contributed by atoms with Crippen LogP contribution in [0.15, 0.2) is 36.4 Å².